The second kappa shape index (κ2) is 7.82. The Morgan fingerprint density at radius 3 is 2.40 bits per heavy atom. The van der Waals surface area contributed by atoms with Crippen molar-refractivity contribution in [2.45, 2.75) is 31.5 Å². The van der Waals surface area contributed by atoms with Crippen LogP contribution in [0.5, 0.6) is 5.75 Å². The summed E-state index contributed by atoms with van der Waals surface area (Å²) in [4.78, 5) is 36.6. The van der Waals surface area contributed by atoms with E-state index in [4.69, 9.17) is 14.2 Å². The maximum atomic E-state index is 12.3. The van der Waals surface area contributed by atoms with Gasteiger partial charge in [-0.05, 0) is 24.6 Å². The molecule has 0 unspecified atom stereocenters. The summed E-state index contributed by atoms with van der Waals surface area (Å²) in [5, 5.41) is 11.5. The number of ether oxygens (including phenoxy) is 3. The Bertz CT molecular complexity index is 646. The van der Waals surface area contributed by atoms with Crippen LogP contribution in [-0.2, 0) is 14.3 Å². The van der Waals surface area contributed by atoms with Crippen LogP contribution < -0.4 is 4.74 Å². The van der Waals surface area contributed by atoms with Gasteiger partial charge in [0.15, 0.2) is 0 Å². The summed E-state index contributed by atoms with van der Waals surface area (Å²) in [6.07, 6.45) is -0.958. The molecule has 0 saturated carbocycles. The van der Waals surface area contributed by atoms with Gasteiger partial charge in [-0.25, -0.2) is 9.59 Å². The van der Waals surface area contributed by atoms with Gasteiger partial charge in [0.2, 0.25) is 6.04 Å². The normalized spacial score (nSPS) is 22.4. The van der Waals surface area contributed by atoms with Crippen LogP contribution in [0.2, 0.25) is 0 Å². The molecule has 9 heteroatoms. The van der Waals surface area contributed by atoms with E-state index < -0.39 is 35.1 Å². The second-order valence-corrected chi connectivity index (χ2v) is 5.45. The number of likely N-dealkylation sites (tertiary alicyclic amines) is 1. The van der Waals surface area contributed by atoms with Gasteiger partial charge in [-0.2, -0.15) is 0 Å². The Morgan fingerprint density at radius 2 is 1.92 bits per heavy atom. The first kappa shape index (κ1) is 18.5. The number of hydrogen-bond acceptors (Lipinski definition) is 7. The summed E-state index contributed by atoms with van der Waals surface area (Å²) in [5.41, 5.74) is 0.514. The minimum absolute atomic E-state index is 0.112. The first-order valence-electron chi connectivity index (χ1n) is 7.74. The first-order valence-corrected chi connectivity index (χ1v) is 7.74. The van der Waals surface area contributed by atoms with Crippen LogP contribution in [0, 0.1) is 10.1 Å². The second-order valence-electron chi connectivity index (χ2n) is 5.45. The highest BCUT2D eigenvalue weighted by atomic mass is 16.6. The topological polar surface area (TPSA) is 108 Å². The molecule has 25 heavy (non-hydrogen) atoms. The predicted molar refractivity (Wildman–Crippen MR) is 85.8 cm³/mol. The molecule has 136 valence electrons. The molecular formula is C16H20N2O7. The number of methoxy groups -OCH3 is 2. The maximum Gasteiger partial charge on any atom is 0.411 e. The Kier molecular flexibility index (Phi) is 5.79. The lowest BCUT2D eigenvalue weighted by molar-refractivity contribution is -0.525. The largest absolute Gasteiger partial charge is 0.497 e. The molecule has 0 bridgehead atoms. The predicted octanol–water partition coefficient (Wildman–Crippen LogP) is 1.79. The van der Waals surface area contributed by atoms with E-state index in [2.05, 4.69) is 0 Å². The third-order valence-electron chi connectivity index (χ3n) is 4.14. The van der Waals surface area contributed by atoms with Gasteiger partial charge in [-0.1, -0.05) is 12.1 Å². The maximum absolute atomic E-state index is 12.3. The molecule has 1 aliphatic rings. The molecule has 1 aliphatic heterocycles. The molecule has 0 aromatic heterocycles. The van der Waals surface area contributed by atoms with Crippen LogP contribution in [0.3, 0.4) is 0 Å². The lowest BCUT2D eigenvalue weighted by atomic mass is 10.0. The third kappa shape index (κ3) is 3.65. The first-order chi connectivity index (χ1) is 11.9. The zero-order valence-corrected chi connectivity index (χ0v) is 14.2. The van der Waals surface area contributed by atoms with Crippen molar-refractivity contribution in [1.82, 2.24) is 4.90 Å². The molecule has 1 aromatic rings. The molecule has 0 N–H and O–H groups in total. The van der Waals surface area contributed by atoms with Crippen molar-refractivity contribution in [3.05, 3.63) is 39.9 Å². The summed E-state index contributed by atoms with van der Waals surface area (Å²) in [6.45, 7) is 1.74. The van der Waals surface area contributed by atoms with Gasteiger partial charge >= 0.3 is 12.1 Å². The molecule has 9 nitrogen and oxygen atoms in total. The summed E-state index contributed by atoms with van der Waals surface area (Å²) < 4.78 is 14.8. The number of nitro groups is 1. The fraction of sp³-hybridized carbons (Fsp3) is 0.500. The molecule has 0 radical (unpaired) electrons. The van der Waals surface area contributed by atoms with Crippen LogP contribution in [0.15, 0.2) is 24.3 Å². The van der Waals surface area contributed by atoms with Gasteiger partial charge in [0, 0.05) is 11.3 Å². The molecule has 1 saturated heterocycles. The average molecular weight is 352 g/mol. The smallest absolute Gasteiger partial charge is 0.411 e. The van der Waals surface area contributed by atoms with Gasteiger partial charge in [0.1, 0.15) is 17.8 Å². The molecule has 1 fully saturated rings. The fourth-order valence-corrected chi connectivity index (χ4v) is 3.03. The number of carbonyl (C=O) groups excluding carboxylic acids is 2. The van der Waals surface area contributed by atoms with Gasteiger partial charge in [-0.3, -0.25) is 15.0 Å². The van der Waals surface area contributed by atoms with Gasteiger partial charge in [0.05, 0.1) is 20.8 Å². The van der Waals surface area contributed by atoms with Crippen molar-refractivity contribution in [3.63, 3.8) is 0 Å². The summed E-state index contributed by atoms with van der Waals surface area (Å²) in [5.74, 6) is -0.110. The Labute approximate surface area is 144 Å². The van der Waals surface area contributed by atoms with Crippen LogP contribution >= 0.6 is 0 Å². The van der Waals surface area contributed by atoms with Gasteiger partial charge < -0.3 is 14.2 Å². The van der Waals surface area contributed by atoms with E-state index in [9.17, 15) is 19.7 Å². The van der Waals surface area contributed by atoms with E-state index in [-0.39, 0.29) is 13.0 Å². The number of amides is 1. The van der Waals surface area contributed by atoms with Crippen molar-refractivity contribution < 1.29 is 28.7 Å². The Hall–Kier alpha value is -2.84. The molecule has 1 heterocycles. The fourth-order valence-electron chi connectivity index (χ4n) is 3.03. The van der Waals surface area contributed by atoms with E-state index in [1.54, 1.807) is 31.2 Å². The van der Waals surface area contributed by atoms with E-state index in [1.807, 2.05) is 0 Å². The molecule has 1 amide bonds. The van der Waals surface area contributed by atoms with Crippen LogP contribution in [0.1, 0.15) is 24.9 Å². The van der Waals surface area contributed by atoms with E-state index in [0.717, 1.165) is 12.0 Å². The average Bonchev–Trinajstić information content (AvgIpc) is 3.02. The zero-order chi connectivity index (χ0) is 18.6. The number of carbonyl (C=O) groups is 2. The lowest BCUT2D eigenvalue weighted by Crippen LogP contribution is -2.43. The molecule has 2 rings (SSSR count). The molecule has 0 aliphatic carbocycles. The quantitative estimate of drug-likeness (QED) is 0.451. The SMILES string of the molecule is CCOC(=O)[C@@H]1C[C@H]([N+](=O)[O-])[C@H](c2ccc(OC)cc2)N1C(=O)OC. The number of nitrogens with zero attached hydrogens (tertiary/aromatic N) is 2. The van der Waals surface area contributed by atoms with Crippen molar-refractivity contribution in [2.24, 2.45) is 0 Å². The van der Waals surface area contributed by atoms with Gasteiger partial charge in [-0.15, -0.1) is 0 Å². The van der Waals surface area contributed by atoms with Crippen molar-refractivity contribution >= 4 is 12.1 Å². The zero-order valence-electron chi connectivity index (χ0n) is 14.2. The molecule has 1 aromatic carbocycles. The van der Waals surface area contributed by atoms with Crippen molar-refractivity contribution in [2.75, 3.05) is 20.8 Å². The highest BCUT2D eigenvalue weighted by Gasteiger charge is 2.54. The van der Waals surface area contributed by atoms with Crippen LogP contribution in [0.25, 0.3) is 0 Å². The highest BCUT2D eigenvalue weighted by Crippen LogP contribution is 2.39. The van der Waals surface area contributed by atoms with Crippen LogP contribution in [-0.4, -0.2) is 54.8 Å². The third-order valence-corrected chi connectivity index (χ3v) is 4.14. The molecule has 3 atom stereocenters. The van der Waals surface area contributed by atoms with E-state index in [1.165, 1.54) is 7.11 Å². The minimum Gasteiger partial charge on any atom is -0.497 e. The minimum atomic E-state index is -1.15. The van der Waals surface area contributed by atoms with E-state index >= 15 is 0 Å². The number of benzene rings is 1. The number of hydrogen-bond donors (Lipinski definition) is 0. The molecular weight excluding hydrogens is 332 g/mol. The van der Waals surface area contributed by atoms with Crippen LogP contribution in [0.4, 0.5) is 4.79 Å². The summed E-state index contributed by atoms with van der Waals surface area (Å²) in [7, 11) is 2.66. The highest BCUT2D eigenvalue weighted by molar-refractivity contribution is 5.82. The number of esters is 1. The van der Waals surface area contributed by atoms with Crippen molar-refractivity contribution in [1.29, 1.82) is 0 Å². The van der Waals surface area contributed by atoms with Crippen molar-refractivity contribution in [3.8, 4) is 5.75 Å². The Balaban J connectivity index is 2.46. The number of rotatable bonds is 5. The monoisotopic (exact) mass is 352 g/mol. The lowest BCUT2D eigenvalue weighted by Gasteiger charge is -2.27. The van der Waals surface area contributed by atoms with E-state index in [0.29, 0.717) is 11.3 Å². The van der Waals surface area contributed by atoms with Gasteiger partial charge in [0.25, 0.3) is 0 Å². The summed E-state index contributed by atoms with van der Waals surface area (Å²) in [6, 6.07) is 3.37. The Morgan fingerprint density at radius 1 is 1.28 bits per heavy atom. The summed E-state index contributed by atoms with van der Waals surface area (Å²) >= 11 is 0. The molecule has 0 spiro atoms. The standard InChI is InChI=1S/C16H20N2O7/c1-4-25-15(19)13-9-12(18(21)22)14(17(13)16(20)24-3)10-5-7-11(23-2)8-6-10/h5-8,12-14H,4,9H2,1-3H3/t12-,13-,14-/m0/s1.